The van der Waals surface area contributed by atoms with Crippen LogP contribution in [0.5, 0.6) is 0 Å². The van der Waals surface area contributed by atoms with Crippen molar-refractivity contribution in [3.63, 3.8) is 0 Å². The predicted octanol–water partition coefficient (Wildman–Crippen LogP) is 11.8. The Hall–Kier alpha value is -4.05. The molecule has 4 saturated carbocycles. The van der Waals surface area contributed by atoms with Gasteiger partial charge in [-0.15, -0.1) is 0 Å². The van der Waals surface area contributed by atoms with Gasteiger partial charge >= 0.3 is 0 Å². The lowest BCUT2D eigenvalue weighted by atomic mass is 9.76. The van der Waals surface area contributed by atoms with Crippen LogP contribution in [0.2, 0.25) is 52.4 Å². The molecule has 13 rings (SSSR count). The minimum atomic E-state index is -4.17. The van der Waals surface area contributed by atoms with Gasteiger partial charge in [0, 0.05) is 20.7 Å². The maximum absolute atomic E-state index is 14.1. The lowest BCUT2D eigenvalue weighted by molar-refractivity contribution is 0.167. The molecule has 9 fully saturated rings. The number of fused-ring (bicyclic) bond motifs is 20. The van der Waals surface area contributed by atoms with E-state index in [9.17, 15) is 87.8 Å². The molecule has 10 nitrogen and oxygen atoms in total. The van der Waals surface area contributed by atoms with Crippen molar-refractivity contribution in [1.82, 2.24) is 42.5 Å². The van der Waals surface area contributed by atoms with E-state index in [4.69, 9.17) is 8.23 Å². The molecule has 544 valence electrons. The zero-order chi connectivity index (χ0) is 71.5. The van der Waals surface area contributed by atoms with E-state index in [0.29, 0.717) is 49.3 Å². The normalized spacial score (nSPS) is 31.0. The maximum atomic E-state index is 14.1. The molecule has 9 aliphatic rings. The van der Waals surface area contributed by atoms with Crippen molar-refractivity contribution in [2.75, 3.05) is 0 Å². The number of benzene rings is 4. The van der Waals surface area contributed by atoms with Crippen molar-refractivity contribution in [2.24, 2.45) is 47.3 Å². The van der Waals surface area contributed by atoms with Gasteiger partial charge in [0.05, 0.1) is 49.3 Å². The van der Waals surface area contributed by atoms with Crippen LogP contribution in [0, 0.1) is 164 Å². The smallest absolute Gasteiger partial charge is 0.212 e. The molecule has 5 heterocycles. The van der Waals surface area contributed by atoms with Crippen LogP contribution >= 0.6 is 0 Å². The lowest BCUT2D eigenvalue weighted by Gasteiger charge is -2.35. The number of hydrogen-bond acceptors (Lipinski definition) is 10. The van der Waals surface area contributed by atoms with Gasteiger partial charge in [0.25, 0.3) is 0 Å². The van der Waals surface area contributed by atoms with Crippen molar-refractivity contribution in [1.29, 1.82) is 0 Å². The van der Waals surface area contributed by atoms with Gasteiger partial charge in [-0.05, 0) is 151 Å². The summed E-state index contributed by atoms with van der Waals surface area (Å²) >= 11 is 0. The minimum absolute atomic E-state index is 0.420. The molecule has 0 aromatic heterocycles. The Morgan fingerprint density at radius 1 is 0.194 bits per heavy atom. The first-order chi connectivity index (χ1) is 45.9. The molecular formula is C64H80F20N8O2Si4. The second kappa shape index (κ2) is 28.5. The first kappa shape index (κ1) is 75.1. The van der Waals surface area contributed by atoms with Crippen molar-refractivity contribution in [3.8, 4) is 0 Å². The Bertz CT molecular complexity index is 3050. The van der Waals surface area contributed by atoms with Gasteiger partial charge < -0.3 is 8.23 Å². The van der Waals surface area contributed by atoms with Crippen LogP contribution < -0.4 is 63.3 Å². The number of rotatable bonds is 8. The molecule has 8 unspecified atom stereocenters. The van der Waals surface area contributed by atoms with Gasteiger partial charge in [0.15, 0.2) is 93.1 Å². The predicted molar refractivity (Wildman–Crippen MR) is 333 cm³/mol. The second-order valence-electron chi connectivity index (χ2n) is 29.6. The van der Waals surface area contributed by atoms with Gasteiger partial charge in [0.1, 0.15) is 0 Å². The van der Waals surface area contributed by atoms with Crippen LogP contribution in [0.1, 0.15) is 103 Å². The van der Waals surface area contributed by atoms with Crippen molar-refractivity contribution < 1.29 is 96.0 Å². The largest absolute Gasteiger partial charge is 0.448 e. The fraction of sp³-hybridized carbons (Fsp3) is 0.625. The molecule has 8 bridgehead atoms. The average Bonchev–Trinajstić information content (AvgIpc) is 0.980. The summed E-state index contributed by atoms with van der Waals surface area (Å²) < 4.78 is 285. The summed E-state index contributed by atoms with van der Waals surface area (Å²) in [5, 5.41) is 28.5. The molecule has 0 radical (unpaired) electrons. The summed E-state index contributed by atoms with van der Waals surface area (Å²) in [6.07, 6.45) is 25.6. The molecule has 8 atom stereocenters. The molecule has 4 aromatic carbocycles. The highest BCUT2D eigenvalue weighted by molar-refractivity contribution is 6.97. The van der Waals surface area contributed by atoms with Crippen LogP contribution in [-0.4, -0.2) is 82.6 Å². The van der Waals surface area contributed by atoms with Gasteiger partial charge in [-0.3, -0.25) is 42.5 Å². The third-order valence-electron chi connectivity index (χ3n) is 22.1. The van der Waals surface area contributed by atoms with Gasteiger partial charge in [0.2, 0.25) is 56.5 Å². The second-order valence-corrected chi connectivity index (χ2v) is 45.3. The van der Waals surface area contributed by atoms with Crippen LogP contribution in [0.3, 0.4) is 0 Å². The van der Waals surface area contributed by atoms with Crippen LogP contribution in [-0.2, 0) is 8.23 Å². The van der Waals surface area contributed by atoms with E-state index in [2.05, 4.69) is 42.5 Å². The summed E-state index contributed by atoms with van der Waals surface area (Å²) in [6, 6.07) is 0. The third kappa shape index (κ3) is 13.7. The Labute approximate surface area is 558 Å². The number of hydrogen-bond donors (Lipinski definition) is 8. The van der Waals surface area contributed by atoms with Crippen molar-refractivity contribution in [3.05, 3.63) is 116 Å². The van der Waals surface area contributed by atoms with Gasteiger partial charge in [-0.25, -0.2) is 87.8 Å². The minimum Gasteiger partial charge on any atom is -0.448 e. The Morgan fingerprint density at radius 2 is 0.296 bits per heavy atom. The van der Waals surface area contributed by atoms with Crippen LogP contribution in [0.15, 0.2) is 0 Å². The van der Waals surface area contributed by atoms with Gasteiger partial charge in [-0.1, -0.05) is 51.4 Å². The average molecular weight is 1490 g/mol. The van der Waals surface area contributed by atoms with Crippen molar-refractivity contribution >= 4 is 54.0 Å². The van der Waals surface area contributed by atoms with E-state index in [0.717, 1.165) is 99.7 Å². The topological polar surface area (TPSA) is 115 Å². The lowest BCUT2D eigenvalue weighted by Crippen LogP contribution is -2.61. The van der Waals surface area contributed by atoms with E-state index in [1.165, 1.54) is 103 Å². The SMILES string of the molecule is C1CCC2C3NC(NC4NC(NC5NC(NC6NC(N3)C3CCCCC63)C3CCCCC53)C3CCCCC43)C2C1.C[Si](C)(O[Si](C)(C)c1c(F)c(F)c(F)c(F)c1F)c1c(F)c(F)c(F)c(F)c1F.C[Si](C)(O[Si](C)(C)c1c(F)c(F)c(F)c(F)c1F)c1c(F)c(F)c(F)c(F)c1F. The monoisotopic (exact) mass is 1480 g/mol. The molecule has 5 aliphatic heterocycles. The molecule has 0 spiro atoms. The summed E-state index contributed by atoms with van der Waals surface area (Å²) in [4.78, 5) is 0. The summed E-state index contributed by atoms with van der Waals surface area (Å²) in [5.74, 6) is -39.2. The Kier molecular flexibility index (Phi) is 21.9. The highest BCUT2D eigenvalue weighted by Gasteiger charge is 2.56. The van der Waals surface area contributed by atoms with E-state index < -0.39 is 170 Å². The van der Waals surface area contributed by atoms with Crippen LogP contribution in [0.25, 0.3) is 0 Å². The fourth-order valence-corrected chi connectivity index (χ4v) is 34.9. The summed E-state index contributed by atoms with van der Waals surface area (Å²) in [7, 11) is -16.7. The van der Waals surface area contributed by atoms with Crippen molar-refractivity contribution in [2.45, 2.75) is 204 Å². The van der Waals surface area contributed by atoms with Gasteiger partial charge in [-0.2, -0.15) is 0 Å². The molecule has 4 aromatic rings. The zero-order valence-corrected chi connectivity index (χ0v) is 58.9. The number of halogens is 20. The number of nitrogens with one attached hydrogen (secondary N) is 8. The Balaban J connectivity index is 0.000000153. The highest BCUT2D eigenvalue weighted by Crippen LogP contribution is 2.46. The molecule has 5 saturated heterocycles. The first-order valence-electron chi connectivity index (χ1n) is 33.5. The van der Waals surface area contributed by atoms with E-state index in [-0.39, 0.29) is 0 Å². The molecule has 4 aliphatic carbocycles. The standard InChI is InChI=1S/C32H56N8.2C16H12F10OSi2/c1-2-10-18-17(9-1)25-33-26(18)38-28-21-13-5-6-14-22(21)30(35-28)40-32-24-16-8-7-15-23(24)31(36-32)39-29-20-12-4-3-11-19(20)27(34-29)37-25;2*1-28(2,15-11(23)7(19)5(17)8(20)12(15)24)27-29(3,4)16-13(25)9(21)6(18)10(22)14(16)26/h17-40H,1-16H2;2*1-4H3. The highest BCUT2D eigenvalue weighted by atomic mass is 28.4. The summed E-state index contributed by atoms with van der Waals surface area (Å²) in [5.41, 5.74) is 0. The zero-order valence-electron chi connectivity index (χ0n) is 54.9. The third-order valence-corrected chi connectivity index (χ3v) is 36.8. The molecule has 34 heteroatoms. The van der Waals surface area contributed by atoms with E-state index in [1.54, 1.807) is 0 Å². The maximum Gasteiger partial charge on any atom is 0.212 e. The molecule has 8 N–H and O–H groups in total. The first-order valence-corrected chi connectivity index (χ1v) is 45.1. The van der Waals surface area contributed by atoms with E-state index >= 15 is 0 Å². The van der Waals surface area contributed by atoms with E-state index in [1.807, 2.05) is 0 Å². The fourth-order valence-electron chi connectivity index (χ4n) is 18.0. The Morgan fingerprint density at radius 3 is 0.408 bits per heavy atom. The molecule has 0 amide bonds. The molecule has 98 heavy (non-hydrogen) atoms. The van der Waals surface area contributed by atoms with Crippen LogP contribution in [0.4, 0.5) is 87.8 Å². The molecular weight excluding hydrogens is 1410 g/mol. The quantitative estimate of drug-likeness (QED) is 0.0376. The summed E-state index contributed by atoms with van der Waals surface area (Å²) in [6.45, 7) is 7.71.